The molecule has 2 aliphatic heterocycles. The van der Waals surface area contributed by atoms with Crippen LogP contribution in [0.2, 0.25) is 0 Å². The third-order valence-electron chi connectivity index (χ3n) is 6.38. The second-order valence-corrected chi connectivity index (χ2v) is 11.3. The number of benzene rings is 2. The molecule has 208 valence electrons. The summed E-state index contributed by atoms with van der Waals surface area (Å²) in [6, 6.07) is 9.70. The van der Waals surface area contributed by atoms with Crippen molar-refractivity contribution in [2.45, 2.75) is 44.8 Å². The lowest BCUT2D eigenvalue weighted by atomic mass is 10.1. The Morgan fingerprint density at radius 1 is 1.00 bits per heavy atom. The first kappa shape index (κ1) is 28.2. The quantitative estimate of drug-likeness (QED) is 0.509. The number of hydrogen-bond acceptors (Lipinski definition) is 8. The molecule has 0 unspecified atom stereocenters. The van der Waals surface area contributed by atoms with Crippen LogP contribution in [0.5, 0.6) is 11.5 Å². The fourth-order valence-electron chi connectivity index (χ4n) is 4.71. The second kappa shape index (κ2) is 12.3. The molecule has 38 heavy (non-hydrogen) atoms. The molecule has 4 rings (SSSR count). The SMILES string of the molecule is CCOc1cc(N2CCOCC2)c(OCC)cc1NC(=O)c1cccc(S(=O)(=O)N2C[C@H](C)O[C@@H](C)C2)c1. The molecular formula is C27H37N3O7S. The molecule has 1 amide bonds. The third-order valence-corrected chi connectivity index (χ3v) is 8.21. The van der Waals surface area contributed by atoms with Crippen LogP contribution in [0.3, 0.4) is 0 Å². The third kappa shape index (κ3) is 6.40. The zero-order valence-corrected chi connectivity index (χ0v) is 23.3. The Morgan fingerprint density at radius 2 is 1.66 bits per heavy atom. The topological polar surface area (TPSA) is 107 Å². The van der Waals surface area contributed by atoms with Gasteiger partial charge in [0.05, 0.1) is 54.9 Å². The summed E-state index contributed by atoms with van der Waals surface area (Å²) in [7, 11) is -3.79. The molecule has 11 heteroatoms. The number of ether oxygens (including phenoxy) is 4. The van der Waals surface area contributed by atoms with Gasteiger partial charge in [-0.05, 0) is 45.9 Å². The Kier molecular flexibility index (Phi) is 9.14. The standard InChI is InChI=1S/C27H37N3O7S/c1-5-35-25-16-24(29-10-12-34-13-11-29)26(36-6-2)15-23(25)28-27(31)21-8-7-9-22(14-21)38(32,33)30-17-19(3)37-20(4)18-30/h7-9,14-16,19-20H,5-6,10-13,17-18H2,1-4H3,(H,28,31)/t19-,20-/m0/s1. The van der Waals surface area contributed by atoms with E-state index in [-0.39, 0.29) is 35.8 Å². The minimum Gasteiger partial charge on any atom is -0.492 e. The Hall–Kier alpha value is -2.86. The Balaban J connectivity index is 1.61. The van der Waals surface area contributed by atoms with Gasteiger partial charge in [-0.2, -0.15) is 4.31 Å². The molecular weight excluding hydrogens is 510 g/mol. The highest BCUT2D eigenvalue weighted by Gasteiger charge is 2.32. The van der Waals surface area contributed by atoms with Crippen LogP contribution in [0.1, 0.15) is 38.1 Å². The van der Waals surface area contributed by atoms with Gasteiger partial charge >= 0.3 is 0 Å². The normalized spacial score (nSPS) is 20.7. The van der Waals surface area contributed by atoms with Gasteiger partial charge in [0.2, 0.25) is 10.0 Å². The van der Waals surface area contributed by atoms with Crippen molar-refractivity contribution in [3.05, 3.63) is 42.0 Å². The van der Waals surface area contributed by atoms with Crippen molar-refractivity contribution in [3.63, 3.8) is 0 Å². The van der Waals surface area contributed by atoms with Crippen LogP contribution in [-0.4, -0.2) is 83.4 Å². The van der Waals surface area contributed by atoms with Crippen molar-refractivity contribution in [2.24, 2.45) is 0 Å². The van der Waals surface area contributed by atoms with Crippen LogP contribution in [-0.2, 0) is 19.5 Å². The maximum atomic E-state index is 13.3. The molecule has 2 fully saturated rings. The van der Waals surface area contributed by atoms with E-state index in [4.69, 9.17) is 18.9 Å². The summed E-state index contributed by atoms with van der Waals surface area (Å²) in [6.45, 7) is 11.5. The number of hydrogen-bond donors (Lipinski definition) is 1. The van der Waals surface area contributed by atoms with Crippen molar-refractivity contribution in [2.75, 3.05) is 62.8 Å². The lowest BCUT2D eigenvalue weighted by Crippen LogP contribution is -2.48. The van der Waals surface area contributed by atoms with Gasteiger partial charge in [0, 0.05) is 43.9 Å². The molecule has 1 N–H and O–H groups in total. The molecule has 2 heterocycles. The van der Waals surface area contributed by atoms with Gasteiger partial charge in [0.15, 0.2) is 0 Å². The zero-order chi connectivity index (χ0) is 27.3. The molecule has 2 atom stereocenters. The van der Waals surface area contributed by atoms with Crippen LogP contribution < -0.4 is 19.7 Å². The van der Waals surface area contributed by atoms with Gasteiger partial charge in [-0.15, -0.1) is 0 Å². The van der Waals surface area contributed by atoms with Crippen LogP contribution in [0.15, 0.2) is 41.3 Å². The number of nitrogens with one attached hydrogen (secondary N) is 1. The lowest BCUT2D eigenvalue weighted by Gasteiger charge is -2.34. The van der Waals surface area contributed by atoms with E-state index in [9.17, 15) is 13.2 Å². The Morgan fingerprint density at radius 3 is 2.32 bits per heavy atom. The molecule has 10 nitrogen and oxygen atoms in total. The molecule has 2 saturated heterocycles. The summed E-state index contributed by atoms with van der Waals surface area (Å²) >= 11 is 0. The summed E-state index contributed by atoms with van der Waals surface area (Å²) in [5.41, 5.74) is 1.54. The van der Waals surface area contributed by atoms with Crippen LogP contribution in [0.4, 0.5) is 11.4 Å². The molecule has 0 radical (unpaired) electrons. The van der Waals surface area contributed by atoms with Gasteiger partial charge < -0.3 is 29.2 Å². The number of amides is 1. The van der Waals surface area contributed by atoms with Gasteiger partial charge in [-0.3, -0.25) is 4.79 Å². The second-order valence-electron chi connectivity index (χ2n) is 9.34. The van der Waals surface area contributed by atoms with E-state index in [1.54, 1.807) is 18.2 Å². The molecule has 0 aromatic heterocycles. The lowest BCUT2D eigenvalue weighted by molar-refractivity contribution is -0.0440. The highest BCUT2D eigenvalue weighted by Crippen LogP contribution is 2.39. The first-order valence-electron chi connectivity index (χ1n) is 13.1. The van der Waals surface area contributed by atoms with E-state index in [1.807, 2.05) is 33.8 Å². The van der Waals surface area contributed by atoms with E-state index >= 15 is 0 Å². The average molecular weight is 548 g/mol. The number of anilines is 2. The highest BCUT2D eigenvalue weighted by atomic mass is 32.2. The monoisotopic (exact) mass is 547 g/mol. The van der Waals surface area contributed by atoms with Gasteiger partial charge in [0.25, 0.3) is 5.91 Å². The van der Waals surface area contributed by atoms with Crippen LogP contribution in [0.25, 0.3) is 0 Å². The number of rotatable bonds is 9. The average Bonchev–Trinajstić information content (AvgIpc) is 2.90. The van der Waals surface area contributed by atoms with E-state index in [1.165, 1.54) is 16.4 Å². The number of morpholine rings is 2. The molecule has 2 aromatic carbocycles. The van der Waals surface area contributed by atoms with Gasteiger partial charge in [0.1, 0.15) is 11.5 Å². The number of carbonyl (C=O) groups is 1. The van der Waals surface area contributed by atoms with E-state index in [2.05, 4.69) is 10.2 Å². The highest BCUT2D eigenvalue weighted by molar-refractivity contribution is 7.89. The predicted octanol–water partition coefficient (Wildman–Crippen LogP) is 3.37. The van der Waals surface area contributed by atoms with Crippen molar-refractivity contribution < 1.29 is 32.2 Å². The van der Waals surface area contributed by atoms with E-state index in [0.29, 0.717) is 43.6 Å². The summed E-state index contributed by atoms with van der Waals surface area (Å²) in [6.07, 6.45) is -0.422. The van der Waals surface area contributed by atoms with Crippen molar-refractivity contribution in [1.82, 2.24) is 4.31 Å². The fraction of sp³-hybridized carbons (Fsp3) is 0.519. The van der Waals surface area contributed by atoms with E-state index < -0.39 is 15.9 Å². The first-order valence-corrected chi connectivity index (χ1v) is 14.5. The predicted molar refractivity (Wildman–Crippen MR) is 145 cm³/mol. The van der Waals surface area contributed by atoms with Gasteiger partial charge in [-0.25, -0.2) is 8.42 Å². The summed E-state index contributed by atoms with van der Waals surface area (Å²) in [5.74, 6) is 0.680. The van der Waals surface area contributed by atoms with Crippen molar-refractivity contribution in [3.8, 4) is 11.5 Å². The maximum absolute atomic E-state index is 13.3. The van der Waals surface area contributed by atoms with Crippen LogP contribution in [0, 0.1) is 0 Å². The Bertz CT molecular complexity index is 1220. The molecule has 0 spiro atoms. The smallest absolute Gasteiger partial charge is 0.255 e. The van der Waals surface area contributed by atoms with Crippen molar-refractivity contribution in [1.29, 1.82) is 0 Å². The number of nitrogens with zero attached hydrogens (tertiary/aromatic N) is 2. The summed E-state index contributed by atoms with van der Waals surface area (Å²) in [5, 5.41) is 2.90. The van der Waals surface area contributed by atoms with Crippen molar-refractivity contribution >= 4 is 27.3 Å². The molecule has 0 aliphatic carbocycles. The summed E-state index contributed by atoms with van der Waals surface area (Å²) < 4.78 is 51.1. The minimum atomic E-state index is -3.79. The minimum absolute atomic E-state index is 0.0640. The molecule has 2 aliphatic rings. The number of carbonyl (C=O) groups excluding carboxylic acids is 1. The van der Waals surface area contributed by atoms with Gasteiger partial charge in [-0.1, -0.05) is 6.07 Å². The zero-order valence-electron chi connectivity index (χ0n) is 22.4. The number of sulfonamides is 1. The largest absolute Gasteiger partial charge is 0.492 e. The summed E-state index contributed by atoms with van der Waals surface area (Å²) in [4.78, 5) is 15.6. The molecule has 0 saturated carbocycles. The first-order chi connectivity index (χ1) is 18.2. The van der Waals surface area contributed by atoms with E-state index in [0.717, 1.165) is 18.8 Å². The Labute approximate surface area is 224 Å². The fourth-order valence-corrected chi connectivity index (χ4v) is 6.35. The molecule has 2 aromatic rings. The maximum Gasteiger partial charge on any atom is 0.255 e. The van der Waals surface area contributed by atoms with Crippen LogP contribution >= 0.6 is 0 Å². The molecule has 0 bridgehead atoms.